The molecule has 1 aromatic heterocycles. The number of esters is 1. The van der Waals surface area contributed by atoms with Gasteiger partial charge in [-0.05, 0) is 6.92 Å². The molecular formula is C11H14N2O5S2. The highest BCUT2D eigenvalue weighted by Gasteiger charge is 2.18. The number of thiazole rings is 1. The monoisotopic (exact) mass is 318 g/mol. The summed E-state index contributed by atoms with van der Waals surface area (Å²) in [5.41, 5.74) is 0. The summed E-state index contributed by atoms with van der Waals surface area (Å²) in [6.07, 6.45) is 1.75. The lowest BCUT2D eigenvalue weighted by atomic mass is 10.4. The topological polar surface area (TPSA) is 106 Å². The molecule has 0 aliphatic heterocycles. The van der Waals surface area contributed by atoms with Gasteiger partial charge in [-0.2, -0.15) is 0 Å². The largest absolute Gasteiger partial charge is 0.465 e. The zero-order chi connectivity index (χ0) is 15.0. The third kappa shape index (κ3) is 6.01. The Bertz CT molecular complexity index is 612. The van der Waals surface area contributed by atoms with Gasteiger partial charge in [0.15, 0.2) is 10.9 Å². The van der Waals surface area contributed by atoms with Crippen LogP contribution in [0.5, 0.6) is 0 Å². The van der Waals surface area contributed by atoms with E-state index >= 15 is 0 Å². The fourth-order valence-electron chi connectivity index (χ4n) is 1.11. The van der Waals surface area contributed by atoms with Gasteiger partial charge in [-0.3, -0.25) is 9.52 Å². The number of aliphatic hydroxyl groups is 1. The van der Waals surface area contributed by atoms with E-state index in [4.69, 9.17) is 5.11 Å². The summed E-state index contributed by atoms with van der Waals surface area (Å²) in [7, 11) is -3.83. The summed E-state index contributed by atoms with van der Waals surface area (Å²) in [5.74, 6) is 3.85. The van der Waals surface area contributed by atoms with Crippen LogP contribution in [0.2, 0.25) is 0 Å². The Morgan fingerprint density at radius 3 is 3.00 bits per heavy atom. The fourth-order valence-corrected chi connectivity index (χ4v) is 2.99. The van der Waals surface area contributed by atoms with Gasteiger partial charge in [-0.15, -0.1) is 0 Å². The number of carbonyl (C=O) groups excluding carboxylic acids is 1. The van der Waals surface area contributed by atoms with Crippen molar-refractivity contribution in [3.05, 3.63) is 11.1 Å². The van der Waals surface area contributed by atoms with Crippen molar-refractivity contribution in [2.24, 2.45) is 0 Å². The van der Waals surface area contributed by atoms with Crippen molar-refractivity contribution in [2.75, 3.05) is 23.7 Å². The van der Waals surface area contributed by atoms with Gasteiger partial charge in [0.05, 0.1) is 24.3 Å². The summed E-state index contributed by atoms with van der Waals surface area (Å²) >= 11 is 1.04. The van der Waals surface area contributed by atoms with Crippen LogP contribution in [0.1, 0.15) is 18.2 Å². The third-order valence-electron chi connectivity index (χ3n) is 1.81. The molecule has 9 heteroatoms. The van der Waals surface area contributed by atoms with Gasteiger partial charge >= 0.3 is 5.97 Å². The molecule has 2 N–H and O–H groups in total. The number of hydrogen-bond donors (Lipinski definition) is 2. The van der Waals surface area contributed by atoms with Crippen molar-refractivity contribution < 1.29 is 23.1 Å². The molecule has 0 saturated heterocycles. The van der Waals surface area contributed by atoms with Gasteiger partial charge in [-0.1, -0.05) is 23.2 Å². The summed E-state index contributed by atoms with van der Waals surface area (Å²) in [5, 5.41) is 8.71. The smallest absolute Gasteiger partial charge is 0.323 e. The van der Waals surface area contributed by atoms with Crippen LogP contribution in [0.15, 0.2) is 6.20 Å². The first kappa shape index (κ1) is 16.4. The molecule has 110 valence electrons. The molecule has 0 atom stereocenters. The van der Waals surface area contributed by atoms with Crippen LogP contribution in [0.4, 0.5) is 5.13 Å². The number of ether oxygens (including phenoxy) is 1. The van der Waals surface area contributed by atoms with E-state index in [1.54, 1.807) is 6.92 Å². The second-order valence-corrected chi connectivity index (χ2v) is 6.22. The quantitative estimate of drug-likeness (QED) is 0.572. The molecule has 0 fully saturated rings. The minimum Gasteiger partial charge on any atom is -0.465 e. The van der Waals surface area contributed by atoms with Crippen molar-refractivity contribution >= 4 is 32.5 Å². The molecule has 0 amide bonds. The predicted molar refractivity (Wildman–Crippen MR) is 74.7 cm³/mol. The average Bonchev–Trinajstić information content (AvgIpc) is 2.75. The molecule has 0 spiro atoms. The second kappa shape index (κ2) is 7.84. The zero-order valence-corrected chi connectivity index (χ0v) is 12.4. The van der Waals surface area contributed by atoms with E-state index in [1.807, 2.05) is 0 Å². The first-order valence-corrected chi connectivity index (χ1v) is 8.15. The van der Waals surface area contributed by atoms with Gasteiger partial charge < -0.3 is 9.84 Å². The number of hydrogen-bond acceptors (Lipinski definition) is 7. The maximum Gasteiger partial charge on any atom is 0.323 e. The van der Waals surface area contributed by atoms with E-state index in [9.17, 15) is 13.2 Å². The summed E-state index contributed by atoms with van der Waals surface area (Å²) in [4.78, 5) is 15.5. The maximum absolute atomic E-state index is 11.6. The van der Waals surface area contributed by atoms with Gasteiger partial charge in [0.25, 0.3) is 0 Å². The molecule has 1 rings (SSSR count). The Morgan fingerprint density at radius 2 is 2.35 bits per heavy atom. The number of nitrogens with one attached hydrogen (secondary N) is 1. The van der Waals surface area contributed by atoms with Crippen LogP contribution < -0.4 is 4.72 Å². The molecule has 0 aliphatic rings. The molecule has 0 aliphatic carbocycles. The Labute approximate surface area is 121 Å². The number of sulfonamides is 1. The van der Waals surface area contributed by atoms with Crippen molar-refractivity contribution in [3.8, 4) is 11.8 Å². The van der Waals surface area contributed by atoms with Crippen LogP contribution in [-0.2, 0) is 19.6 Å². The summed E-state index contributed by atoms with van der Waals surface area (Å²) in [6.45, 7) is 1.68. The Kier molecular flexibility index (Phi) is 6.44. The highest BCUT2D eigenvalue weighted by atomic mass is 32.2. The van der Waals surface area contributed by atoms with Crippen molar-refractivity contribution in [1.82, 2.24) is 4.98 Å². The Morgan fingerprint density at radius 1 is 1.60 bits per heavy atom. The number of aliphatic hydroxyl groups excluding tert-OH is 1. The maximum atomic E-state index is 11.6. The molecule has 0 saturated carbocycles. The Balaban J connectivity index is 2.65. The van der Waals surface area contributed by atoms with Gasteiger partial charge in [0, 0.05) is 6.42 Å². The number of anilines is 1. The molecule has 7 nitrogen and oxygen atoms in total. The van der Waals surface area contributed by atoms with Gasteiger partial charge in [0.2, 0.25) is 10.0 Å². The number of nitrogens with zero attached hydrogens (tertiary/aromatic N) is 1. The first-order chi connectivity index (χ1) is 9.46. The van der Waals surface area contributed by atoms with Crippen LogP contribution in [0.25, 0.3) is 0 Å². The van der Waals surface area contributed by atoms with Crippen LogP contribution in [-0.4, -0.2) is 43.4 Å². The molecule has 0 radical (unpaired) electrons. The molecular weight excluding hydrogens is 304 g/mol. The van der Waals surface area contributed by atoms with Crippen molar-refractivity contribution in [1.29, 1.82) is 0 Å². The molecule has 0 aromatic carbocycles. The molecule has 20 heavy (non-hydrogen) atoms. The summed E-state index contributed by atoms with van der Waals surface area (Å²) < 4.78 is 30.0. The first-order valence-electron chi connectivity index (χ1n) is 5.68. The van der Waals surface area contributed by atoms with Gasteiger partial charge in [0.1, 0.15) is 0 Å². The van der Waals surface area contributed by atoms with E-state index in [0.29, 0.717) is 11.3 Å². The van der Waals surface area contributed by atoms with Gasteiger partial charge in [-0.25, -0.2) is 13.4 Å². The summed E-state index contributed by atoms with van der Waals surface area (Å²) in [6, 6.07) is 0. The standard InChI is InChI=1S/C11H14N2O5S2/c1-2-18-10(15)8-20(16,17)13-11-12-7-9(19-11)5-3-4-6-14/h7,14H,2,4,6,8H2,1H3,(H,12,13). The lowest BCUT2D eigenvalue weighted by molar-refractivity contribution is -0.139. The molecule has 1 heterocycles. The van der Waals surface area contributed by atoms with Crippen LogP contribution >= 0.6 is 11.3 Å². The van der Waals surface area contributed by atoms with Crippen molar-refractivity contribution in [3.63, 3.8) is 0 Å². The lowest BCUT2D eigenvalue weighted by Gasteiger charge is -2.04. The molecule has 1 aromatic rings. The van der Waals surface area contributed by atoms with E-state index < -0.39 is 21.7 Å². The Hall–Kier alpha value is -1.63. The fraction of sp³-hybridized carbons (Fsp3) is 0.455. The zero-order valence-electron chi connectivity index (χ0n) is 10.7. The number of carbonyl (C=O) groups is 1. The molecule has 0 unspecified atom stereocenters. The number of rotatable bonds is 6. The van der Waals surface area contributed by atoms with E-state index in [1.165, 1.54) is 6.20 Å². The number of aromatic nitrogens is 1. The highest BCUT2D eigenvalue weighted by molar-refractivity contribution is 7.93. The average molecular weight is 318 g/mol. The lowest BCUT2D eigenvalue weighted by Crippen LogP contribution is -2.24. The highest BCUT2D eigenvalue weighted by Crippen LogP contribution is 2.18. The normalized spacial score (nSPS) is 10.5. The van der Waals surface area contributed by atoms with Crippen LogP contribution in [0, 0.1) is 11.8 Å². The SMILES string of the molecule is CCOC(=O)CS(=O)(=O)Nc1ncc(C#CCCO)s1. The predicted octanol–water partition coefficient (Wildman–Crippen LogP) is 0.182. The van der Waals surface area contributed by atoms with E-state index in [0.717, 1.165) is 11.3 Å². The second-order valence-electron chi connectivity index (χ2n) is 3.47. The third-order valence-corrected chi connectivity index (χ3v) is 3.89. The minimum atomic E-state index is -3.83. The minimum absolute atomic E-state index is 0.0369. The van der Waals surface area contributed by atoms with Crippen LogP contribution in [0.3, 0.4) is 0 Å². The molecule has 0 bridgehead atoms. The van der Waals surface area contributed by atoms with Crippen molar-refractivity contribution in [2.45, 2.75) is 13.3 Å². The van der Waals surface area contributed by atoms with E-state index in [2.05, 4.69) is 26.3 Å². The van der Waals surface area contributed by atoms with E-state index in [-0.39, 0.29) is 18.3 Å².